The zero-order valence-corrected chi connectivity index (χ0v) is 7.55. The lowest BCUT2D eigenvalue weighted by Crippen LogP contribution is -2.42. The van der Waals surface area contributed by atoms with Crippen LogP contribution >= 0.6 is 0 Å². The number of rotatable bonds is 2. The van der Waals surface area contributed by atoms with E-state index in [4.69, 9.17) is 10.5 Å². The molecule has 0 aliphatic carbocycles. The van der Waals surface area contributed by atoms with Crippen molar-refractivity contribution in [2.45, 2.75) is 45.3 Å². The van der Waals surface area contributed by atoms with Crippen LogP contribution in [-0.2, 0) is 4.74 Å². The molecule has 2 atom stereocenters. The Labute approximate surface area is 69.1 Å². The molecule has 1 saturated heterocycles. The summed E-state index contributed by atoms with van der Waals surface area (Å²) in [6.07, 6.45) is 3.97. The van der Waals surface area contributed by atoms with E-state index in [-0.39, 0.29) is 6.04 Å². The molecule has 66 valence electrons. The van der Waals surface area contributed by atoms with E-state index in [0.717, 1.165) is 13.0 Å². The molecule has 0 aromatic carbocycles. The highest BCUT2D eigenvalue weighted by Crippen LogP contribution is 2.18. The molecule has 0 spiro atoms. The predicted molar refractivity (Wildman–Crippen MR) is 46.4 cm³/mol. The maximum absolute atomic E-state index is 5.97. The van der Waals surface area contributed by atoms with Gasteiger partial charge in [0.25, 0.3) is 0 Å². The molecule has 0 radical (unpaired) electrons. The van der Waals surface area contributed by atoms with Crippen molar-refractivity contribution in [2.24, 2.45) is 11.7 Å². The molecule has 0 amide bonds. The Balaban J connectivity index is 2.32. The van der Waals surface area contributed by atoms with Gasteiger partial charge in [0.05, 0.1) is 6.10 Å². The Bertz CT molecular complexity index is 108. The first kappa shape index (κ1) is 9.01. The first-order valence-electron chi connectivity index (χ1n) is 4.59. The van der Waals surface area contributed by atoms with Crippen molar-refractivity contribution in [3.8, 4) is 0 Å². The topological polar surface area (TPSA) is 35.2 Å². The second-order valence-corrected chi connectivity index (χ2v) is 3.73. The molecule has 11 heavy (non-hydrogen) atoms. The van der Waals surface area contributed by atoms with Crippen LogP contribution in [0.2, 0.25) is 0 Å². The van der Waals surface area contributed by atoms with E-state index in [1.807, 2.05) is 0 Å². The molecule has 1 heterocycles. The molecular formula is C9H19NO. The van der Waals surface area contributed by atoms with E-state index in [1.165, 1.54) is 12.8 Å². The fourth-order valence-electron chi connectivity index (χ4n) is 1.50. The van der Waals surface area contributed by atoms with Gasteiger partial charge < -0.3 is 10.5 Å². The summed E-state index contributed by atoms with van der Waals surface area (Å²) in [7, 11) is 0. The fraction of sp³-hybridized carbons (Fsp3) is 1.00. The third-order valence-electron chi connectivity index (χ3n) is 2.41. The highest BCUT2D eigenvalue weighted by molar-refractivity contribution is 4.78. The summed E-state index contributed by atoms with van der Waals surface area (Å²) in [5.41, 5.74) is 5.97. The highest BCUT2D eigenvalue weighted by Gasteiger charge is 2.23. The van der Waals surface area contributed by atoms with Gasteiger partial charge in [0.15, 0.2) is 0 Å². The van der Waals surface area contributed by atoms with Gasteiger partial charge in [0, 0.05) is 12.6 Å². The molecular weight excluding hydrogens is 138 g/mol. The Hall–Kier alpha value is -0.0800. The van der Waals surface area contributed by atoms with Crippen LogP contribution in [-0.4, -0.2) is 18.8 Å². The van der Waals surface area contributed by atoms with Crippen LogP contribution in [0.5, 0.6) is 0 Å². The van der Waals surface area contributed by atoms with Gasteiger partial charge >= 0.3 is 0 Å². The summed E-state index contributed by atoms with van der Waals surface area (Å²) in [5, 5.41) is 0. The Morgan fingerprint density at radius 2 is 2.09 bits per heavy atom. The summed E-state index contributed by atoms with van der Waals surface area (Å²) in [6, 6.07) is 0.232. The molecule has 1 fully saturated rings. The molecule has 1 rings (SSSR count). The van der Waals surface area contributed by atoms with Gasteiger partial charge in [-0.25, -0.2) is 0 Å². The zero-order chi connectivity index (χ0) is 8.27. The molecule has 2 N–H and O–H groups in total. The van der Waals surface area contributed by atoms with Crippen LogP contribution in [0, 0.1) is 5.92 Å². The minimum atomic E-state index is 0.232. The normalized spacial score (nSPS) is 28.9. The maximum atomic E-state index is 5.97. The molecule has 0 saturated carbocycles. The summed E-state index contributed by atoms with van der Waals surface area (Å²) in [6.45, 7) is 5.22. The van der Waals surface area contributed by atoms with Gasteiger partial charge in [0.1, 0.15) is 0 Å². The fourth-order valence-corrected chi connectivity index (χ4v) is 1.50. The summed E-state index contributed by atoms with van der Waals surface area (Å²) in [4.78, 5) is 0. The maximum Gasteiger partial charge on any atom is 0.0728 e. The lowest BCUT2D eigenvalue weighted by atomic mass is 9.94. The lowest BCUT2D eigenvalue weighted by molar-refractivity contribution is -0.00830. The largest absolute Gasteiger partial charge is 0.377 e. The lowest BCUT2D eigenvalue weighted by Gasteiger charge is -2.30. The molecule has 1 aliphatic rings. The third kappa shape index (κ3) is 2.46. The van der Waals surface area contributed by atoms with Crippen molar-refractivity contribution in [1.82, 2.24) is 0 Å². The van der Waals surface area contributed by atoms with Gasteiger partial charge in [0.2, 0.25) is 0 Å². The molecule has 2 nitrogen and oxygen atoms in total. The minimum absolute atomic E-state index is 0.232. The van der Waals surface area contributed by atoms with Crippen molar-refractivity contribution in [1.29, 1.82) is 0 Å². The summed E-state index contributed by atoms with van der Waals surface area (Å²) in [5.74, 6) is 0.540. The van der Waals surface area contributed by atoms with Crippen molar-refractivity contribution >= 4 is 0 Å². The molecule has 1 aliphatic heterocycles. The number of nitrogens with two attached hydrogens (primary N) is 1. The van der Waals surface area contributed by atoms with Crippen molar-refractivity contribution in [3.63, 3.8) is 0 Å². The zero-order valence-electron chi connectivity index (χ0n) is 7.55. The van der Waals surface area contributed by atoms with Crippen LogP contribution in [0.15, 0.2) is 0 Å². The first-order chi connectivity index (χ1) is 5.22. The standard InChI is InChI=1S/C9H19NO/c1-7(2)9(10)8-5-3-4-6-11-8/h7-9H,3-6,10H2,1-2H3/t8?,9-/m0/s1. The van der Waals surface area contributed by atoms with Crippen LogP contribution in [0.3, 0.4) is 0 Å². The van der Waals surface area contributed by atoms with Crippen LogP contribution in [0.4, 0.5) is 0 Å². The molecule has 0 aromatic heterocycles. The van der Waals surface area contributed by atoms with Crippen LogP contribution in [0.1, 0.15) is 33.1 Å². The van der Waals surface area contributed by atoms with Crippen LogP contribution < -0.4 is 5.73 Å². The Kier molecular flexibility index (Phi) is 3.34. The third-order valence-corrected chi connectivity index (χ3v) is 2.41. The Morgan fingerprint density at radius 3 is 2.55 bits per heavy atom. The van der Waals surface area contributed by atoms with E-state index in [2.05, 4.69) is 13.8 Å². The summed E-state index contributed by atoms with van der Waals surface area (Å²) < 4.78 is 5.58. The van der Waals surface area contributed by atoms with Gasteiger partial charge in [-0.1, -0.05) is 13.8 Å². The van der Waals surface area contributed by atoms with Gasteiger partial charge in [-0.15, -0.1) is 0 Å². The Morgan fingerprint density at radius 1 is 1.36 bits per heavy atom. The second-order valence-electron chi connectivity index (χ2n) is 3.73. The van der Waals surface area contributed by atoms with E-state index in [1.54, 1.807) is 0 Å². The quantitative estimate of drug-likeness (QED) is 0.660. The average molecular weight is 157 g/mol. The minimum Gasteiger partial charge on any atom is -0.377 e. The number of hydrogen-bond donors (Lipinski definition) is 1. The summed E-state index contributed by atoms with van der Waals surface area (Å²) >= 11 is 0. The molecule has 1 unspecified atom stereocenters. The van der Waals surface area contributed by atoms with Crippen molar-refractivity contribution < 1.29 is 4.74 Å². The van der Waals surface area contributed by atoms with E-state index < -0.39 is 0 Å². The van der Waals surface area contributed by atoms with E-state index in [0.29, 0.717) is 12.0 Å². The van der Waals surface area contributed by atoms with Crippen LogP contribution in [0.25, 0.3) is 0 Å². The van der Waals surface area contributed by atoms with Crippen molar-refractivity contribution in [3.05, 3.63) is 0 Å². The monoisotopic (exact) mass is 157 g/mol. The van der Waals surface area contributed by atoms with Gasteiger partial charge in [-0.05, 0) is 25.2 Å². The molecule has 0 bridgehead atoms. The smallest absolute Gasteiger partial charge is 0.0728 e. The molecule has 0 aromatic rings. The predicted octanol–water partition coefficient (Wildman–Crippen LogP) is 1.54. The van der Waals surface area contributed by atoms with Crippen molar-refractivity contribution in [2.75, 3.05) is 6.61 Å². The average Bonchev–Trinajstić information content (AvgIpc) is 2.05. The van der Waals surface area contributed by atoms with Gasteiger partial charge in [-0.3, -0.25) is 0 Å². The van der Waals surface area contributed by atoms with Gasteiger partial charge in [-0.2, -0.15) is 0 Å². The van der Waals surface area contributed by atoms with E-state index in [9.17, 15) is 0 Å². The number of ether oxygens (including phenoxy) is 1. The second kappa shape index (κ2) is 4.07. The highest BCUT2D eigenvalue weighted by atomic mass is 16.5. The van der Waals surface area contributed by atoms with E-state index >= 15 is 0 Å². The number of hydrogen-bond acceptors (Lipinski definition) is 2. The molecule has 2 heteroatoms. The first-order valence-corrected chi connectivity index (χ1v) is 4.59. The SMILES string of the molecule is CC(C)[C@H](N)C1CCCCO1.